The van der Waals surface area contributed by atoms with Gasteiger partial charge in [0.1, 0.15) is 11.4 Å². The molecule has 1 aliphatic carbocycles. The Morgan fingerprint density at radius 2 is 2.15 bits per heavy atom. The average molecular weight is 384 g/mol. The highest BCUT2D eigenvalue weighted by atomic mass is 32.1. The van der Waals surface area contributed by atoms with E-state index in [2.05, 4.69) is 15.7 Å². The number of alkyl halides is 3. The lowest BCUT2D eigenvalue weighted by Gasteiger charge is -2.25. The van der Waals surface area contributed by atoms with Crippen molar-refractivity contribution in [2.24, 2.45) is 0 Å². The Morgan fingerprint density at radius 1 is 1.38 bits per heavy atom. The zero-order valence-corrected chi connectivity index (χ0v) is 14.2. The van der Waals surface area contributed by atoms with Gasteiger partial charge in [0, 0.05) is 19.9 Å². The van der Waals surface area contributed by atoms with Gasteiger partial charge in [-0.05, 0) is 17.7 Å². The first kappa shape index (κ1) is 17.0. The van der Waals surface area contributed by atoms with E-state index >= 15 is 0 Å². The minimum absolute atomic E-state index is 0.280. The van der Waals surface area contributed by atoms with E-state index in [1.807, 2.05) is 0 Å². The van der Waals surface area contributed by atoms with Crippen molar-refractivity contribution in [3.05, 3.63) is 45.7 Å². The average Bonchev–Trinajstić information content (AvgIpc) is 3.15. The van der Waals surface area contributed by atoms with Crippen LogP contribution in [0.25, 0.3) is 5.70 Å². The number of halogens is 4. The molecule has 4 rings (SSSR count). The summed E-state index contributed by atoms with van der Waals surface area (Å²) in [4.78, 5) is 16.2. The van der Waals surface area contributed by atoms with E-state index in [1.165, 1.54) is 35.4 Å². The molecule has 0 fully saturated rings. The lowest BCUT2D eigenvalue weighted by molar-refractivity contribution is -0.139. The Bertz CT molecular complexity index is 950. The van der Waals surface area contributed by atoms with E-state index in [0.717, 1.165) is 11.6 Å². The predicted octanol–water partition coefficient (Wildman–Crippen LogP) is 3.55. The number of fused-ring (bicyclic) bond motifs is 2. The van der Waals surface area contributed by atoms with Gasteiger partial charge in [-0.1, -0.05) is 17.4 Å². The van der Waals surface area contributed by atoms with Crippen LogP contribution < -0.4 is 15.8 Å². The number of carbonyl (C=O) groups excluding carboxylic acids is 1. The second-order valence-electron chi connectivity index (χ2n) is 5.91. The largest absolute Gasteiger partial charge is 0.421 e. The van der Waals surface area contributed by atoms with Gasteiger partial charge in [-0.25, -0.2) is 14.8 Å². The molecule has 1 amide bonds. The van der Waals surface area contributed by atoms with Gasteiger partial charge >= 0.3 is 6.18 Å². The van der Waals surface area contributed by atoms with Crippen LogP contribution in [0, 0.1) is 5.82 Å². The molecule has 2 heterocycles. The predicted molar refractivity (Wildman–Crippen MR) is 88.9 cm³/mol. The molecule has 2 N–H and O–H groups in total. The Morgan fingerprint density at radius 3 is 2.85 bits per heavy atom. The highest BCUT2D eigenvalue weighted by Gasteiger charge is 2.42. The molecule has 10 heteroatoms. The fourth-order valence-corrected chi connectivity index (χ4v) is 4.26. The summed E-state index contributed by atoms with van der Waals surface area (Å²) in [5.41, 5.74) is 3.39. The van der Waals surface area contributed by atoms with Crippen LogP contribution in [0.4, 0.5) is 28.4 Å². The lowest BCUT2D eigenvalue weighted by Crippen LogP contribution is -2.33. The van der Waals surface area contributed by atoms with Gasteiger partial charge in [-0.3, -0.25) is 9.80 Å². The molecule has 0 atom stereocenters. The number of hydrogen-bond donors (Lipinski definition) is 2. The van der Waals surface area contributed by atoms with E-state index in [1.54, 1.807) is 0 Å². The van der Waals surface area contributed by atoms with Crippen LogP contribution in [0.1, 0.15) is 23.1 Å². The number of hydrogen-bond acceptors (Lipinski definition) is 5. The first-order chi connectivity index (χ1) is 12.3. The zero-order valence-electron chi connectivity index (χ0n) is 13.4. The number of amides is 1. The monoisotopic (exact) mass is 384 g/mol. The van der Waals surface area contributed by atoms with Gasteiger partial charge in [0.25, 0.3) is 0 Å². The zero-order chi connectivity index (χ0) is 18.6. The maximum atomic E-state index is 13.9. The van der Waals surface area contributed by atoms with E-state index in [-0.39, 0.29) is 11.6 Å². The van der Waals surface area contributed by atoms with Crippen molar-refractivity contribution in [1.29, 1.82) is 0 Å². The normalized spacial score (nSPS) is 16.1. The highest BCUT2D eigenvalue weighted by Crippen LogP contribution is 2.47. The molecule has 136 valence electrons. The molecule has 2 aromatic rings. The van der Waals surface area contributed by atoms with Gasteiger partial charge in [-0.2, -0.15) is 13.2 Å². The minimum atomic E-state index is -4.83. The van der Waals surface area contributed by atoms with Crippen molar-refractivity contribution in [3.63, 3.8) is 0 Å². The lowest BCUT2D eigenvalue weighted by atomic mass is 10.1. The van der Waals surface area contributed by atoms with Crippen LogP contribution in [0.2, 0.25) is 0 Å². The highest BCUT2D eigenvalue weighted by molar-refractivity contribution is 7.17. The van der Waals surface area contributed by atoms with Crippen LogP contribution in [-0.4, -0.2) is 17.4 Å². The molecule has 1 aromatic carbocycles. The van der Waals surface area contributed by atoms with Gasteiger partial charge in [-0.15, -0.1) is 0 Å². The number of thiazole rings is 1. The number of nitrogens with zero attached hydrogens (tertiary/aromatic N) is 2. The van der Waals surface area contributed by atoms with Crippen molar-refractivity contribution in [3.8, 4) is 0 Å². The standard InChI is InChI=1S/C16H12F4N4OS/c1-7(25)22-15-23-10-5-8-6-21-24(13(8)14(10)26-15)11-4-2-3-9(17)12(11)16(18,19)20/h2-4,21H,5-6H2,1H3,(H,22,23,25). The molecule has 1 aromatic heterocycles. The Kier molecular flexibility index (Phi) is 3.77. The molecular weight excluding hydrogens is 372 g/mol. The summed E-state index contributed by atoms with van der Waals surface area (Å²) in [5, 5.41) is 4.23. The van der Waals surface area contributed by atoms with Crippen LogP contribution in [-0.2, 0) is 17.4 Å². The molecule has 0 saturated carbocycles. The van der Waals surface area contributed by atoms with Gasteiger partial charge < -0.3 is 5.32 Å². The summed E-state index contributed by atoms with van der Waals surface area (Å²) >= 11 is 1.19. The van der Waals surface area contributed by atoms with Crippen molar-refractivity contribution in [2.45, 2.75) is 19.5 Å². The summed E-state index contributed by atoms with van der Waals surface area (Å²) in [6, 6.07) is 3.26. The Labute approximate surface area is 149 Å². The summed E-state index contributed by atoms with van der Waals surface area (Å²) in [6.07, 6.45) is -4.36. The maximum absolute atomic E-state index is 13.9. The summed E-state index contributed by atoms with van der Waals surface area (Å²) in [7, 11) is 0. The van der Waals surface area contributed by atoms with E-state index < -0.39 is 17.6 Å². The number of hydrazine groups is 1. The molecule has 2 aliphatic rings. The summed E-state index contributed by atoms with van der Waals surface area (Å²) in [6.45, 7) is 1.70. The van der Waals surface area contributed by atoms with Crippen LogP contribution in [0.5, 0.6) is 0 Å². The topological polar surface area (TPSA) is 57.3 Å². The number of rotatable bonds is 2. The van der Waals surface area contributed by atoms with Crippen molar-refractivity contribution in [2.75, 3.05) is 16.9 Å². The van der Waals surface area contributed by atoms with E-state index in [9.17, 15) is 22.4 Å². The molecule has 1 aliphatic heterocycles. The minimum Gasteiger partial charge on any atom is -0.302 e. The fourth-order valence-electron chi connectivity index (χ4n) is 3.15. The second-order valence-corrected chi connectivity index (χ2v) is 6.91. The van der Waals surface area contributed by atoms with Crippen molar-refractivity contribution >= 4 is 33.8 Å². The fraction of sp³-hybridized carbons (Fsp3) is 0.250. The third kappa shape index (κ3) is 2.65. The summed E-state index contributed by atoms with van der Waals surface area (Å²) in [5.74, 6) is -1.61. The molecule has 5 nitrogen and oxygen atoms in total. The first-order valence-corrected chi connectivity index (χ1v) is 8.46. The number of aromatic nitrogens is 1. The Balaban J connectivity index is 1.78. The van der Waals surface area contributed by atoms with Gasteiger partial charge in [0.2, 0.25) is 5.91 Å². The number of benzene rings is 1. The summed E-state index contributed by atoms with van der Waals surface area (Å²) < 4.78 is 54.1. The van der Waals surface area contributed by atoms with Gasteiger partial charge in [0.15, 0.2) is 5.13 Å². The van der Waals surface area contributed by atoms with Crippen LogP contribution >= 0.6 is 11.3 Å². The molecule has 0 unspecified atom stereocenters. The number of nitrogens with one attached hydrogen (secondary N) is 2. The van der Waals surface area contributed by atoms with E-state index in [4.69, 9.17) is 0 Å². The molecule has 0 radical (unpaired) electrons. The number of carbonyl (C=O) groups is 1. The first-order valence-electron chi connectivity index (χ1n) is 7.64. The number of anilines is 2. The smallest absolute Gasteiger partial charge is 0.302 e. The molecule has 0 bridgehead atoms. The van der Waals surface area contributed by atoms with Gasteiger partial charge in [0.05, 0.1) is 22.0 Å². The third-order valence-electron chi connectivity index (χ3n) is 4.10. The molecular formula is C16H12F4N4OS. The quantitative estimate of drug-likeness (QED) is 0.778. The van der Waals surface area contributed by atoms with Crippen LogP contribution in [0.3, 0.4) is 0 Å². The van der Waals surface area contributed by atoms with E-state index in [0.29, 0.717) is 34.4 Å². The SMILES string of the molecule is CC(=O)Nc1nc2c(s1)C1=C(CNN1c1cccc(F)c1C(F)(F)F)C2. The second kappa shape index (κ2) is 5.78. The molecule has 26 heavy (non-hydrogen) atoms. The Hall–Kier alpha value is -2.46. The van der Waals surface area contributed by atoms with Crippen LogP contribution in [0.15, 0.2) is 23.8 Å². The van der Waals surface area contributed by atoms with Crippen molar-refractivity contribution < 1.29 is 22.4 Å². The molecule has 0 saturated heterocycles. The van der Waals surface area contributed by atoms with Crippen molar-refractivity contribution in [1.82, 2.24) is 10.4 Å². The molecule has 0 spiro atoms. The third-order valence-corrected chi connectivity index (χ3v) is 5.12. The maximum Gasteiger partial charge on any atom is 0.421 e.